The van der Waals surface area contributed by atoms with Crippen molar-refractivity contribution in [1.82, 2.24) is 29.4 Å². The molecule has 0 amide bonds. The highest BCUT2D eigenvalue weighted by molar-refractivity contribution is 9.10. The number of unbranched alkanes of at least 4 members (excludes halogenated alkanes) is 1. The van der Waals surface area contributed by atoms with Crippen molar-refractivity contribution in [2.24, 2.45) is 0 Å². The Hall–Kier alpha value is 3.60. The van der Waals surface area contributed by atoms with Gasteiger partial charge in [-0.3, -0.25) is 0 Å². The molecule has 0 saturated carbocycles. The first-order valence-corrected chi connectivity index (χ1v) is 30.3. The van der Waals surface area contributed by atoms with E-state index in [-0.39, 0.29) is 0 Å². The smallest absolute Gasteiger partial charge is 0.00434 e. The van der Waals surface area contributed by atoms with Gasteiger partial charge in [-0.05, 0) is 208 Å². The molecule has 6 nitrogen and oxygen atoms in total. The molecule has 0 heterocycles. The van der Waals surface area contributed by atoms with Gasteiger partial charge >= 0.3 is 0 Å². The third-order valence-electron chi connectivity index (χ3n) is 9.86. The molecule has 0 unspecified atom stereocenters. The van der Waals surface area contributed by atoms with Gasteiger partial charge in [-0.2, -0.15) is 0 Å². The molecule has 54 heavy (non-hydrogen) atoms. The molecular weight excluding hydrogens is 1200 g/mol. The van der Waals surface area contributed by atoms with Gasteiger partial charge < -0.3 is 29.4 Å². The van der Waals surface area contributed by atoms with Crippen LogP contribution in [-0.2, 0) is 0 Å². The number of nitrogens with zero attached hydrogens (tertiary/aromatic N) is 6. The third-order valence-corrected chi connectivity index (χ3v) is 14.3. The standard InChI is InChI=1S/C40H80Br8N6/c41-15-3-25-51(26-4-16-42)37-11-33-49(34-12-38-52(27-5-17-43)28-6-18-44)23-1-2-24-50(35-13-39-53(29-7-19-45)30-8-20-46)36-14-40-54(31-9-21-47)32-10-22-48/h1-40H2. The topological polar surface area (TPSA) is 19.4 Å². The van der Waals surface area contributed by atoms with Gasteiger partial charge in [0.25, 0.3) is 0 Å². The summed E-state index contributed by atoms with van der Waals surface area (Å²) in [4.78, 5) is 16.4. The van der Waals surface area contributed by atoms with E-state index in [4.69, 9.17) is 0 Å². The normalized spacial score (nSPS) is 12.3. The summed E-state index contributed by atoms with van der Waals surface area (Å²) >= 11 is 29.3. The summed E-state index contributed by atoms with van der Waals surface area (Å²) < 4.78 is 0. The molecule has 0 spiro atoms. The SMILES string of the molecule is BrCCCN(CCCBr)CCCN(CCCCN(CCCN(CCCBr)CCCBr)CCCN(CCCBr)CCCBr)CCCN(CCCBr)CCCBr. The van der Waals surface area contributed by atoms with E-state index in [0.29, 0.717) is 0 Å². The van der Waals surface area contributed by atoms with Crippen molar-refractivity contribution in [3.05, 3.63) is 0 Å². The van der Waals surface area contributed by atoms with E-state index in [0.717, 1.165) is 42.6 Å². The van der Waals surface area contributed by atoms with E-state index < -0.39 is 0 Å². The molecule has 0 aromatic rings. The second-order valence-corrected chi connectivity index (χ2v) is 20.9. The van der Waals surface area contributed by atoms with Gasteiger partial charge in [0.15, 0.2) is 0 Å². The lowest BCUT2D eigenvalue weighted by molar-refractivity contribution is 0.192. The number of rotatable bonds is 45. The Morgan fingerprint density at radius 2 is 0.259 bits per heavy atom. The first-order valence-electron chi connectivity index (χ1n) is 21.3. The van der Waals surface area contributed by atoms with E-state index >= 15 is 0 Å². The Kier molecular flexibility index (Phi) is 49.2. The molecule has 0 rings (SSSR count). The summed E-state index contributed by atoms with van der Waals surface area (Å²) in [5.74, 6) is 0. The molecule has 0 aromatic heterocycles. The number of alkyl halides is 8. The second kappa shape index (κ2) is 46.1. The molecule has 0 aliphatic carbocycles. The van der Waals surface area contributed by atoms with Crippen molar-refractivity contribution >= 4 is 127 Å². The van der Waals surface area contributed by atoms with Crippen LogP contribution in [0.3, 0.4) is 0 Å². The molecule has 0 saturated heterocycles. The van der Waals surface area contributed by atoms with Crippen LogP contribution in [0.4, 0.5) is 0 Å². The molecule has 0 aliphatic heterocycles. The van der Waals surface area contributed by atoms with Crippen molar-refractivity contribution in [2.75, 3.05) is 160 Å². The zero-order valence-electron chi connectivity index (χ0n) is 34.0. The average molecular weight is 1280 g/mol. The third kappa shape index (κ3) is 37.4. The molecular formula is C40H80Br8N6. The van der Waals surface area contributed by atoms with Crippen LogP contribution in [0.15, 0.2) is 0 Å². The van der Waals surface area contributed by atoms with E-state index in [9.17, 15) is 0 Å². The van der Waals surface area contributed by atoms with Gasteiger partial charge in [0.1, 0.15) is 0 Å². The summed E-state index contributed by atoms with van der Waals surface area (Å²) in [5, 5.41) is 8.78. The van der Waals surface area contributed by atoms with Crippen molar-refractivity contribution in [2.45, 2.75) is 89.9 Å². The Morgan fingerprint density at radius 1 is 0.148 bits per heavy atom. The van der Waals surface area contributed by atoms with Gasteiger partial charge in [0.2, 0.25) is 0 Å². The summed E-state index contributed by atoms with van der Waals surface area (Å²) in [7, 11) is 0. The zero-order valence-corrected chi connectivity index (χ0v) is 46.7. The average Bonchev–Trinajstić information content (AvgIpc) is 3.18. The Morgan fingerprint density at radius 3 is 0.389 bits per heavy atom. The maximum absolute atomic E-state index is 3.66. The van der Waals surface area contributed by atoms with Crippen LogP contribution in [0.1, 0.15) is 89.9 Å². The highest BCUT2D eigenvalue weighted by Gasteiger charge is 2.13. The molecule has 0 fully saturated rings. The quantitative estimate of drug-likeness (QED) is 0.0444. The second-order valence-electron chi connectivity index (χ2n) is 14.5. The Labute approximate surface area is 402 Å². The predicted octanol–water partition coefficient (Wildman–Crippen LogP) is 11.4. The lowest BCUT2D eigenvalue weighted by Crippen LogP contribution is -2.36. The Bertz CT molecular complexity index is 596. The summed E-state index contributed by atoms with van der Waals surface area (Å²) in [6.45, 7) is 21.9. The Balaban J connectivity index is 5.42. The molecule has 0 N–H and O–H groups in total. The molecule has 0 aromatic carbocycles. The fraction of sp³-hybridized carbons (Fsp3) is 1.00. The minimum Gasteiger partial charge on any atom is -0.303 e. The maximum Gasteiger partial charge on any atom is 0.00434 e. The molecule has 0 bridgehead atoms. The minimum atomic E-state index is 1.10. The van der Waals surface area contributed by atoms with E-state index in [1.54, 1.807) is 0 Å². The molecule has 0 radical (unpaired) electrons. The minimum absolute atomic E-state index is 1.10. The number of hydrogen-bond donors (Lipinski definition) is 0. The lowest BCUT2D eigenvalue weighted by atomic mass is 10.2. The molecule has 14 heteroatoms. The predicted molar refractivity (Wildman–Crippen MR) is 274 cm³/mol. The van der Waals surface area contributed by atoms with Crippen LogP contribution >= 0.6 is 127 Å². The first-order chi connectivity index (χ1) is 26.5. The first kappa shape index (κ1) is 57.6. The largest absolute Gasteiger partial charge is 0.303 e. The van der Waals surface area contributed by atoms with Gasteiger partial charge in [0, 0.05) is 42.6 Å². The van der Waals surface area contributed by atoms with Gasteiger partial charge in [-0.1, -0.05) is 127 Å². The van der Waals surface area contributed by atoms with Crippen molar-refractivity contribution in [3.63, 3.8) is 0 Å². The number of hydrogen-bond acceptors (Lipinski definition) is 6. The fourth-order valence-corrected chi connectivity index (χ4v) is 9.03. The van der Waals surface area contributed by atoms with E-state index in [1.165, 1.54) is 208 Å². The highest BCUT2D eigenvalue weighted by atomic mass is 79.9. The van der Waals surface area contributed by atoms with Crippen LogP contribution in [0.2, 0.25) is 0 Å². The van der Waals surface area contributed by atoms with E-state index in [1.807, 2.05) is 0 Å². The lowest BCUT2D eigenvalue weighted by Gasteiger charge is -2.29. The zero-order chi connectivity index (χ0) is 39.7. The fourth-order valence-electron chi connectivity index (χ4n) is 7.02. The van der Waals surface area contributed by atoms with Gasteiger partial charge in [-0.25, -0.2) is 0 Å². The summed E-state index contributed by atoms with van der Waals surface area (Å²) in [5.41, 5.74) is 0. The van der Waals surface area contributed by atoms with Crippen molar-refractivity contribution < 1.29 is 0 Å². The van der Waals surface area contributed by atoms with E-state index in [2.05, 4.69) is 157 Å². The van der Waals surface area contributed by atoms with Gasteiger partial charge in [-0.15, -0.1) is 0 Å². The molecule has 0 atom stereocenters. The van der Waals surface area contributed by atoms with Crippen LogP contribution < -0.4 is 0 Å². The van der Waals surface area contributed by atoms with Crippen LogP contribution in [0.5, 0.6) is 0 Å². The molecule has 0 aliphatic rings. The number of halogens is 8. The maximum atomic E-state index is 3.66. The monoisotopic (exact) mass is 1280 g/mol. The summed E-state index contributed by atoms with van der Waals surface area (Å²) in [6.07, 6.45) is 17.6. The van der Waals surface area contributed by atoms with Crippen LogP contribution in [-0.4, -0.2) is 190 Å². The van der Waals surface area contributed by atoms with Crippen molar-refractivity contribution in [1.29, 1.82) is 0 Å². The van der Waals surface area contributed by atoms with Crippen molar-refractivity contribution in [3.8, 4) is 0 Å². The van der Waals surface area contributed by atoms with Gasteiger partial charge in [0.05, 0.1) is 0 Å². The highest BCUT2D eigenvalue weighted by Crippen LogP contribution is 2.09. The summed E-state index contributed by atoms with van der Waals surface area (Å²) in [6, 6.07) is 0. The van der Waals surface area contributed by atoms with Crippen LogP contribution in [0.25, 0.3) is 0 Å². The van der Waals surface area contributed by atoms with Crippen LogP contribution in [0, 0.1) is 0 Å². The molecule has 326 valence electrons.